The summed E-state index contributed by atoms with van der Waals surface area (Å²) in [6.45, 7) is 2.26. The molecule has 1 heterocycles. The van der Waals surface area contributed by atoms with Crippen LogP contribution in [0.4, 0.5) is 4.79 Å². The predicted molar refractivity (Wildman–Crippen MR) is 81.1 cm³/mol. The van der Waals surface area contributed by atoms with Crippen LogP contribution in [-0.4, -0.2) is 27.7 Å². The van der Waals surface area contributed by atoms with Crippen molar-refractivity contribution in [3.05, 3.63) is 32.6 Å². The normalized spacial score (nSPS) is 17.4. The molecular weight excluding hydrogens is 321 g/mol. The smallest absolute Gasteiger partial charge is 0.293 e. The van der Waals surface area contributed by atoms with Gasteiger partial charge in [0.2, 0.25) is 0 Å². The zero-order valence-corrected chi connectivity index (χ0v) is 12.8. The Labute approximate surface area is 130 Å². The second kappa shape index (κ2) is 6.08. The fourth-order valence-electron chi connectivity index (χ4n) is 1.75. The standard InChI is InChI=1S/C13H11Cl2NO3S/c1-2-3-16-12(18)10(20-13(16)19)5-7-4-8(14)6-9(15)11(7)17/h4-6,17H,2-3H2,1H3/b10-5+. The molecule has 0 saturated carbocycles. The van der Waals surface area contributed by atoms with Gasteiger partial charge < -0.3 is 5.11 Å². The molecule has 0 atom stereocenters. The molecule has 2 amide bonds. The molecule has 1 aromatic rings. The molecule has 1 N–H and O–H groups in total. The third kappa shape index (κ3) is 2.95. The highest BCUT2D eigenvalue weighted by atomic mass is 35.5. The molecular formula is C13H11Cl2NO3S. The Balaban J connectivity index is 2.38. The molecule has 0 aromatic heterocycles. The van der Waals surface area contributed by atoms with Crippen molar-refractivity contribution in [2.75, 3.05) is 6.54 Å². The number of hydrogen-bond donors (Lipinski definition) is 1. The van der Waals surface area contributed by atoms with Crippen LogP contribution in [0.1, 0.15) is 18.9 Å². The summed E-state index contributed by atoms with van der Waals surface area (Å²) in [4.78, 5) is 25.2. The van der Waals surface area contributed by atoms with Crippen molar-refractivity contribution in [2.45, 2.75) is 13.3 Å². The monoisotopic (exact) mass is 331 g/mol. The molecule has 0 unspecified atom stereocenters. The van der Waals surface area contributed by atoms with Crippen molar-refractivity contribution in [1.29, 1.82) is 0 Å². The number of hydrogen-bond acceptors (Lipinski definition) is 4. The van der Waals surface area contributed by atoms with Crippen molar-refractivity contribution in [3.63, 3.8) is 0 Å². The van der Waals surface area contributed by atoms with E-state index < -0.39 is 0 Å². The quantitative estimate of drug-likeness (QED) is 0.845. The molecule has 1 aliphatic rings. The molecule has 4 nitrogen and oxygen atoms in total. The van der Waals surface area contributed by atoms with Crippen LogP contribution < -0.4 is 0 Å². The van der Waals surface area contributed by atoms with Crippen LogP contribution in [-0.2, 0) is 4.79 Å². The molecule has 1 aromatic carbocycles. The third-order valence-corrected chi connectivity index (χ3v) is 4.08. The first-order chi connectivity index (χ1) is 9.43. The molecule has 2 rings (SSSR count). The summed E-state index contributed by atoms with van der Waals surface area (Å²) in [5.41, 5.74) is 0.310. The Morgan fingerprint density at radius 1 is 1.35 bits per heavy atom. The predicted octanol–water partition coefficient (Wildman–Crippen LogP) is 4.15. The van der Waals surface area contributed by atoms with E-state index in [4.69, 9.17) is 23.2 Å². The van der Waals surface area contributed by atoms with Gasteiger partial charge in [-0.05, 0) is 36.4 Å². The first kappa shape index (κ1) is 15.2. The lowest BCUT2D eigenvalue weighted by atomic mass is 10.2. The van der Waals surface area contributed by atoms with E-state index in [9.17, 15) is 14.7 Å². The third-order valence-electron chi connectivity index (χ3n) is 2.67. The van der Waals surface area contributed by atoms with E-state index in [1.807, 2.05) is 6.92 Å². The van der Waals surface area contributed by atoms with Crippen molar-refractivity contribution in [2.24, 2.45) is 0 Å². The molecule has 1 aliphatic heterocycles. The van der Waals surface area contributed by atoms with Crippen LogP contribution in [0.2, 0.25) is 10.0 Å². The van der Waals surface area contributed by atoms with Crippen LogP contribution in [0, 0.1) is 0 Å². The first-order valence-electron chi connectivity index (χ1n) is 5.87. The highest BCUT2D eigenvalue weighted by Gasteiger charge is 2.34. The van der Waals surface area contributed by atoms with Crippen molar-refractivity contribution in [1.82, 2.24) is 4.90 Å². The van der Waals surface area contributed by atoms with Gasteiger partial charge in [-0.3, -0.25) is 14.5 Å². The summed E-state index contributed by atoms with van der Waals surface area (Å²) in [7, 11) is 0. The number of carbonyl (C=O) groups excluding carboxylic acids is 2. The van der Waals surface area contributed by atoms with E-state index in [0.29, 0.717) is 23.6 Å². The summed E-state index contributed by atoms with van der Waals surface area (Å²) < 4.78 is 0. The number of rotatable bonds is 3. The maximum atomic E-state index is 12.1. The van der Waals surface area contributed by atoms with E-state index in [-0.39, 0.29) is 26.8 Å². The van der Waals surface area contributed by atoms with Gasteiger partial charge in [-0.25, -0.2) is 0 Å². The highest BCUT2D eigenvalue weighted by Crippen LogP contribution is 2.37. The van der Waals surface area contributed by atoms with Gasteiger partial charge in [0.1, 0.15) is 5.75 Å². The molecule has 1 saturated heterocycles. The molecule has 0 spiro atoms. The van der Waals surface area contributed by atoms with Crippen LogP contribution in [0.25, 0.3) is 6.08 Å². The van der Waals surface area contributed by atoms with E-state index in [2.05, 4.69) is 0 Å². The topological polar surface area (TPSA) is 57.6 Å². The fourth-order valence-corrected chi connectivity index (χ4v) is 3.12. The molecule has 0 radical (unpaired) electrons. The van der Waals surface area contributed by atoms with Crippen LogP contribution in [0.15, 0.2) is 17.0 Å². The maximum absolute atomic E-state index is 12.1. The van der Waals surface area contributed by atoms with E-state index in [1.165, 1.54) is 23.1 Å². The van der Waals surface area contributed by atoms with Crippen molar-refractivity contribution < 1.29 is 14.7 Å². The summed E-state index contributed by atoms with van der Waals surface area (Å²) >= 11 is 12.5. The Morgan fingerprint density at radius 3 is 2.70 bits per heavy atom. The van der Waals surface area contributed by atoms with Gasteiger partial charge in [0.05, 0.1) is 9.93 Å². The Morgan fingerprint density at radius 2 is 2.05 bits per heavy atom. The summed E-state index contributed by atoms with van der Waals surface area (Å²) in [5, 5.41) is 9.97. The zero-order chi connectivity index (χ0) is 14.9. The number of thioether (sulfide) groups is 1. The number of phenols is 1. The molecule has 0 aliphatic carbocycles. The minimum absolute atomic E-state index is 0.0940. The van der Waals surface area contributed by atoms with Gasteiger partial charge in [0, 0.05) is 17.1 Å². The fraction of sp³-hybridized carbons (Fsp3) is 0.231. The van der Waals surface area contributed by atoms with Crippen LogP contribution >= 0.6 is 35.0 Å². The Kier molecular flexibility index (Phi) is 4.62. The van der Waals surface area contributed by atoms with Gasteiger partial charge in [0.15, 0.2) is 0 Å². The number of carbonyl (C=O) groups is 2. The minimum Gasteiger partial charge on any atom is -0.506 e. The Hall–Kier alpha value is -1.17. The van der Waals surface area contributed by atoms with Gasteiger partial charge >= 0.3 is 0 Å². The zero-order valence-electron chi connectivity index (χ0n) is 10.5. The maximum Gasteiger partial charge on any atom is 0.293 e. The van der Waals surface area contributed by atoms with E-state index >= 15 is 0 Å². The molecule has 0 bridgehead atoms. The highest BCUT2D eigenvalue weighted by molar-refractivity contribution is 8.18. The van der Waals surface area contributed by atoms with Crippen LogP contribution in [0.3, 0.4) is 0 Å². The molecule has 1 fully saturated rings. The van der Waals surface area contributed by atoms with Gasteiger partial charge in [-0.1, -0.05) is 30.1 Å². The second-order valence-corrected chi connectivity index (χ2v) is 6.00. The average Bonchev–Trinajstić information content (AvgIpc) is 2.63. The summed E-state index contributed by atoms with van der Waals surface area (Å²) in [6, 6.07) is 2.88. The van der Waals surface area contributed by atoms with Gasteiger partial charge in [0.25, 0.3) is 11.1 Å². The van der Waals surface area contributed by atoms with E-state index in [0.717, 1.165) is 11.8 Å². The van der Waals surface area contributed by atoms with Gasteiger partial charge in [-0.15, -0.1) is 0 Å². The average molecular weight is 332 g/mol. The van der Waals surface area contributed by atoms with Gasteiger partial charge in [-0.2, -0.15) is 0 Å². The van der Waals surface area contributed by atoms with Crippen molar-refractivity contribution in [3.8, 4) is 5.75 Å². The number of amides is 2. The van der Waals surface area contributed by atoms with E-state index in [1.54, 1.807) is 0 Å². The molecule has 20 heavy (non-hydrogen) atoms. The number of aromatic hydroxyl groups is 1. The second-order valence-electron chi connectivity index (χ2n) is 4.16. The lowest BCUT2D eigenvalue weighted by molar-refractivity contribution is -0.122. The number of nitrogens with zero attached hydrogens (tertiary/aromatic N) is 1. The van der Waals surface area contributed by atoms with Crippen LogP contribution in [0.5, 0.6) is 5.75 Å². The number of imide groups is 1. The SMILES string of the molecule is CCCN1C(=O)S/C(=C/c2cc(Cl)cc(Cl)c2O)C1=O. The Bertz CT molecular complexity index is 616. The summed E-state index contributed by atoms with van der Waals surface area (Å²) in [6.07, 6.45) is 2.12. The van der Waals surface area contributed by atoms with Crippen molar-refractivity contribution >= 4 is 52.2 Å². The number of benzene rings is 1. The lowest BCUT2D eigenvalue weighted by Crippen LogP contribution is -2.28. The summed E-state index contributed by atoms with van der Waals surface area (Å²) in [5.74, 6) is -0.532. The largest absolute Gasteiger partial charge is 0.506 e. The molecule has 106 valence electrons. The minimum atomic E-state index is -0.364. The number of phenolic OH excluding ortho intramolecular Hbond substituents is 1. The number of halogens is 2. The first-order valence-corrected chi connectivity index (χ1v) is 7.44. The lowest BCUT2D eigenvalue weighted by Gasteiger charge is -2.09. The molecule has 7 heteroatoms.